The van der Waals surface area contributed by atoms with Gasteiger partial charge in [-0.15, -0.1) is 0 Å². The number of aliphatic hydroxyl groups excluding tert-OH is 1. The molecular formula is C22H20F2N2O3. The van der Waals surface area contributed by atoms with Gasteiger partial charge in [0.15, 0.2) is 0 Å². The molecule has 5 nitrogen and oxygen atoms in total. The zero-order chi connectivity index (χ0) is 20.7. The van der Waals surface area contributed by atoms with Crippen LogP contribution in [-0.4, -0.2) is 21.4 Å². The number of anilines is 1. The van der Waals surface area contributed by atoms with Gasteiger partial charge < -0.3 is 15.0 Å². The van der Waals surface area contributed by atoms with Gasteiger partial charge in [-0.3, -0.25) is 9.59 Å². The fraction of sp³-hybridized carbons (Fsp3) is 0.273. The molecule has 3 aromatic rings. The van der Waals surface area contributed by atoms with E-state index in [2.05, 4.69) is 5.32 Å². The minimum absolute atomic E-state index is 0.0638. The SMILES string of the molecule is Cn1c(CO)c(C2CC(C(=O)Nc3ccc(F)cc3)CC2=O)c2cc(F)ccc21. The minimum Gasteiger partial charge on any atom is -0.390 e. The van der Waals surface area contributed by atoms with Crippen LogP contribution >= 0.6 is 0 Å². The number of nitrogens with one attached hydrogen (secondary N) is 1. The van der Waals surface area contributed by atoms with Crippen LogP contribution in [0.3, 0.4) is 0 Å². The summed E-state index contributed by atoms with van der Waals surface area (Å²) in [6.45, 7) is -0.293. The van der Waals surface area contributed by atoms with Gasteiger partial charge in [0.05, 0.1) is 6.61 Å². The number of carbonyl (C=O) groups is 2. The minimum atomic E-state index is -0.591. The van der Waals surface area contributed by atoms with Crippen LogP contribution in [0.2, 0.25) is 0 Å². The van der Waals surface area contributed by atoms with E-state index in [1.807, 2.05) is 0 Å². The molecule has 1 fully saturated rings. The molecule has 7 heteroatoms. The summed E-state index contributed by atoms with van der Waals surface area (Å²) in [7, 11) is 1.76. The Hall–Kier alpha value is -3.06. The number of halogens is 2. The van der Waals surface area contributed by atoms with Crippen molar-refractivity contribution in [3.8, 4) is 0 Å². The maximum absolute atomic E-state index is 13.9. The lowest BCUT2D eigenvalue weighted by atomic mass is 9.92. The Balaban J connectivity index is 1.64. The van der Waals surface area contributed by atoms with E-state index in [1.54, 1.807) is 17.7 Å². The normalized spacial score (nSPS) is 19.1. The molecule has 2 unspecified atom stereocenters. The highest BCUT2D eigenvalue weighted by molar-refractivity contribution is 6.02. The average molecular weight is 398 g/mol. The number of fused-ring (bicyclic) bond motifs is 1. The Morgan fingerprint density at radius 2 is 1.86 bits per heavy atom. The molecule has 1 heterocycles. The van der Waals surface area contributed by atoms with Gasteiger partial charge in [-0.25, -0.2) is 8.78 Å². The summed E-state index contributed by atoms with van der Waals surface area (Å²) in [4.78, 5) is 25.4. The van der Waals surface area contributed by atoms with Crippen LogP contribution in [0.25, 0.3) is 10.9 Å². The lowest BCUT2D eigenvalue weighted by molar-refractivity contribution is -0.123. The third-order valence-corrected chi connectivity index (χ3v) is 5.66. The van der Waals surface area contributed by atoms with E-state index in [0.717, 1.165) is 5.52 Å². The first kappa shape index (κ1) is 19.3. The van der Waals surface area contributed by atoms with Crippen LogP contribution in [0.4, 0.5) is 14.5 Å². The second-order valence-corrected chi connectivity index (χ2v) is 7.39. The fourth-order valence-corrected chi connectivity index (χ4v) is 4.22. The van der Waals surface area contributed by atoms with Crippen molar-refractivity contribution in [1.82, 2.24) is 4.57 Å². The van der Waals surface area contributed by atoms with Crippen molar-refractivity contribution in [2.75, 3.05) is 5.32 Å². The van der Waals surface area contributed by atoms with Crippen molar-refractivity contribution >= 4 is 28.3 Å². The highest BCUT2D eigenvalue weighted by Crippen LogP contribution is 2.42. The number of hydrogen-bond acceptors (Lipinski definition) is 3. The number of ketones is 1. The van der Waals surface area contributed by atoms with E-state index in [0.29, 0.717) is 22.3 Å². The number of benzene rings is 2. The van der Waals surface area contributed by atoms with Crippen LogP contribution in [0.1, 0.15) is 30.0 Å². The number of amides is 1. The van der Waals surface area contributed by atoms with Crippen molar-refractivity contribution in [2.24, 2.45) is 13.0 Å². The monoisotopic (exact) mass is 398 g/mol. The van der Waals surface area contributed by atoms with Crippen LogP contribution < -0.4 is 5.32 Å². The first-order valence-corrected chi connectivity index (χ1v) is 9.35. The van der Waals surface area contributed by atoms with E-state index < -0.39 is 23.5 Å². The van der Waals surface area contributed by atoms with Gasteiger partial charge in [-0.05, 0) is 54.4 Å². The molecule has 4 rings (SSSR count). The summed E-state index contributed by atoms with van der Waals surface area (Å²) in [5.41, 5.74) is 2.31. The maximum atomic E-state index is 13.9. The Morgan fingerprint density at radius 1 is 1.17 bits per heavy atom. The quantitative estimate of drug-likeness (QED) is 0.705. The maximum Gasteiger partial charge on any atom is 0.227 e. The summed E-state index contributed by atoms with van der Waals surface area (Å²) in [5.74, 6) is -2.40. The van der Waals surface area contributed by atoms with Gasteiger partial charge in [-0.1, -0.05) is 0 Å². The first-order chi connectivity index (χ1) is 13.9. The highest BCUT2D eigenvalue weighted by Gasteiger charge is 2.40. The van der Waals surface area contributed by atoms with Gasteiger partial charge in [0.25, 0.3) is 0 Å². The predicted molar refractivity (Wildman–Crippen MR) is 104 cm³/mol. The van der Waals surface area contributed by atoms with Crippen molar-refractivity contribution in [2.45, 2.75) is 25.4 Å². The number of nitrogens with zero attached hydrogens (tertiary/aromatic N) is 1. The van der Waals surface area contributed by atoms with Crippen molar-refractivity contribution in [1.29, 1.82) is 0 Å². The highest BCUT2D eigenvalue weighted by atomic mass is 19.1. The first-order valence-electron chi connectivity index (χ1n) is 9.35. The second-order valence-electron chi connectivity index (χ2n) is 7.39. The Morgan fingerprint density at radius 3 is 2.55 bits per heavy atom. The van der Waals surface area contributed by atoms with E-state index in [4.69, 9.17) is 0 Å². The van der Waals surface area contributed by atoms with Gasteiger partial charge in [0.2, 0.25) is 5.91 Å². The molecule has 29 heavy (non-hydrogen) atoms. The third kappa shape index (κ3) is 3.42. The lowest BCUT2D eigenvalue weighted by Crippen LogP contribution is -2.20. The zero-order valence-corrected chi connectivity index (χ0v) is 15.8. The number of rotatable bonds is 4. The van der Waals surface area contributed by atoms with Gasteiger partial charge in [0, 0.05) is 47.6 Å². The smallest absolute Gasteiger partial charge is 0.227 e. The summed E-state index contributed by atoms with van der Waals surface area (Å²) in [6, 6.07) is 9.72. The number of aromatic nitrogens is 1. The Kier molecular flexibility index (Phi) is 4.92. The molecule has 2 aromatic carbocycles. The molecule has 2 N–H and O–H groups in total. The predicted octanol–water partition coefficient (Wildman–Crippen LogP) is 3.65. The topological polar surface area (TPSA) is 71.3 Å². The van der Waals surface area contributed by atoms with E-state index in [9.17, 15) is 23.5 Å². The Labute approximate surface area is 166 Å². The van der Waals surface area contributed by atoms with E-state index in [-0.39, 0.29) is 31.1 Å². The van der Waals surface area contributed by atoms with Crippen molar-refractivity contribution < 1.29 is 23.5 Å². The van der Waals surface area contributed by atoms with Crippen LogP contribution in [-0.2, 0) is 23.2 Å². The summed E-state index contributed by atoms with van der Waals surface area (Å²) < 4.78 is 28.7. The molecule has 1 aromatic heterocycles. The third-order valence-electron chi connectivity index (χ3n) is 5.66. The van der Waals surface area contributed by atoms with Gasteiger partial charge in [-0.2, -0.15) is 0 Å². The number of aryl methyl sites for hydroxylation is 1. The molecule has 1 saturated carbocycles. The molecule has 0 radical (unpaired) electrons. The molecule has 0 aliphatic heterocycles. The molecule has 0 saturated heterocycles. The molecule has 0 bridgehead atoms. The summed E-state index contributed by atoms with van der Waals surface area (Å²) >= 11 is 0. The number of carbonyl (C=O) groups excluding carboxylic acids is 2. The number of Topliss-reactive ketones (excluding diaryl/α,β-unsaturated/α-hetero) is 1. The standard InChI is InChI=1S/C22H20F2N2O3/c1-26-18-7-4-14(24)10-16(18)21(19(26)11-27)17-8-12(9-20(17)28)22(29)25-15-5-2-13(23)3-6-15/h2-7,10,12,17,27H,8-9,11H2,1H3,(H,25,29). The lowest BCUT2D eigenvalue weighted by Gasteiger charge is -2.13. The van der Waals surface area contributed by atoms with E-state index in [1.165, 1.54) is 36.4 Å². The van der Waals surface area contributed by atoms with Crippen LogP contribution in [0.5, 0.6) is 0 Å². The van der Waals surface area contributed by atoms with Crippen molar-refractivity contribution in [3.05, 3.63) is 65.4 Å². The Bertz CT molecular complexity index is 1110. The average Bonchev–Trinajstić information content (AvgIpc) is 3.20. The van der Waals surface area contributed by atoms with Crippen molar-refractivity contribution in [3.63, 3.8) is 0 Å². The van der Waals surface area contributed by atoms with Crippen LogP contribution in [0, 0.1) is 17.6 Å². The molecular weight excluding hydrogens is 378 g/mol. The van der Waals surface area contributed by atoms with E-state index >= 15 is 0 Å². The second kappa shape index (κ2) is 7.40. The van der Waals surface area contributed by atoms with Crippen LogP contribution in [0.15, 0.2) is 42.5 Å². The van der Waals surface area contributed by atoms with Gasteiger partial charge >= 0.3 is 0 Å². The zero-order valence-electron chi connectivity index (χ0n) is 15.8. The molecule has 1 amide bonds. The molecule has 0 spiro atoms. The fourth-order valence-electron chi connectivity index (χ4n) is 4.22. The molecule has 1 aliphatic carbocycles. The summed E-state index contributed by atoms with van der Waals surface area (Å²) in [5, 5.41) is 13.2. The number of hydrogen-bond donors (Lipinski definition) is 2. The number of aliphatic hydroxyl groups is 1. The van der Waals surface area contributed by atoms with Gasteiger partial charge in [0.1, 0.15) is 17.4 Å². The molecule has 1 aliphatic rings. The molecule has 150 valence electrons. The molecule has 2 atom stereocenters. The largest absolute Gasteiger partial charge is 0.390 e. The summed E-state index contributed by atoms with van der Waals surface area (Å²) in [6.07, 6.45) is 0.336.